The van der Waals surface area contributed by atoms with Gasteiger partial charge in [0.2, 0.25) is 5.91 Å². The van der Waals surface area contributed by atoms with Gasteiger partial charge in [0, 0.05) is 13.1 Å². The summed E-state index contributed by atoms with van der Waals surface area (Å²) in [6.45, 7) is 8.94. The van der Waals surface area contributed by atoms with E-state index in [1.807, 2.05) is 7.05 Å². The van der Waals surface area contributed by atoms with Gasteiger partial charge in [-0.1, -0.05) is 13.8 Å². The van der Waals surface area contributed by atoms with E-state index in [1.165, 1.54) is 12.8 Å². The van der Waals surface area contributed by atoms with Crippen LogP contribution in [-0.2, 0) is 4.79 Å². The molecule has 1 aliphatic rings. The van der Waals surface area contributed by atoms with Crippen molar-refractivity contribution in [2.75, 3.05) is 39.8 Å². The quantitative estimate of drug-likeness (QED) is 0.715. The maximum absolute atomic E-state index is 11.7. The summed E-state index contributed by atoms with van der Waals surface area (Å²) in [5, 5.41) is 6.40. The molecule has 1 aliphatic heterocycles. The van der Waals surface area contributed by atoms with Gasteiger partial charge in [-0.25, -0.2) is 0 Å². The third kappa shape index (κ3) is 6.97. The molecular formula is C14H29N3O. The Bertz CT molecular complexity index is 237. The highest BCUT2D eigenvalue weighted by Crippen LogP contribution is 2.10. The standard InChI is InChI=1S/C14H29N3O/c1-12(2)6-8-16-14(18)11-17(3)10-13-5-4-7-15-9-13/h12-13,15H,4-11H2,1-3H3,(H,16,18). The highest BCUT2D eigenvalue weighted by molar-refractivity contribution is 5.77. The molecule has 1 saturated heterocycles. The van der Waals surface area contributed by atoms with Crippen molar-refractivity contribution >= 4 is 5.91 Å². The lowest BCUT2D eigenvalue weighted by Crippen LogP contribution is -2.41. The lowest BCUT2D eigenvalue weighted by Gasteiger charge is -2.27. The third-order valence-electron chi connectivity index (χ3n) is 3.43. The second kappa shape index (κ2) is 8.48. The summed E-state index contributed by atoms with van der Waals surface area (Å²) >= 11 is 0. The largest absolute Gasteiger partial charge is 0.355 e. The molecule has 0 radical (unpaired) electrons. The number of likely N-dealkylation sites (N-methyl/N-ethyl adjacent to an activating group) is 1. The van der Waals surface area contributed by atoms with Crippen molar-refractivity contribution in [3.8, 4) is 0 Å². The fourth-order valence-electron chi connectivity index (χ4n) is 2.39. The molecule has 4 nitrogen and oxygen atoms in total. The van der Waals surface area contributed by atoms with Crippen LogP contribution in [0.5, 0.6) is 0 Å². The van der Waals surface area contributed by atoms with Crippen molar-refractivity contribution in [2.24, 2.45) is 11.8 Å². The Morgan fingerprint density at radius 1 is 1.50 bits per heavy atom. The molecule has 0 aliphatic carbocycles. The molecule has 1 unspecified atom stereocenters. The van der Waals surface area contributed by atoms with E-state index < -0.39 is 0 Å². The molecule has 0 aromatic carbocycles. The maximum Gasteiger partial charge on any atom is 0.234 e. The van der Waals surface area contributed by atoms with Crippen molar-refractivity contribution in [3.63, 3.8) is 0 Å². The van der Waals surface area contributed by atoms with Crippen LogP contribution < -0.4 is 10.6 Å². The van der Waals surface area contributed by atoms with Crippen molar-refractivity contribution in [1.29, 1.82) is 0 Å². The van der Waals surface area contributed by atoms with Gasteiger partial charge in [0.25, 0.3) is 0 Å². The Kier molecular flexibility index (Phi) is 7.28. The predicted molar refractivity (Wildman–Crippen MR) is 75.6 cm³/mol. The Hall–Kier alpha value is -0.610. The average molecular weight is 255 g/mol. The summed E-state index contributed by atoms with van der Waals surface area (Å²) in [6, 6.07) is 0. The van der Waals surface area contributed by atoms with E-state index in [9.17, 15) is 4.79 Å². The third-order valence-corrected chi connectivity index (χ3v) is 3.43. The van der Waals surface area contributed by atoms with Gasteiger partial charge in [0.05, 0.1) is 6.54 Å². The molecule has 0 aromatic rings. The molecule has 0 spiro atoms. The van der Waals surface area contributed by atoms with Crippen LogP contribution in [0.1, 0.15) is 33.1 Å². The first-order valence-corrected chi connectivity index (χ1v) is 7.24. The number of hydrogen-bond donors (Lipinski definition) is 2. The predicted octanol–water partition coefficient (Wildman–Crippen LogP) is 1.08. The minimum Gasteiger partial charge on any atom is -0.355 e. The number of piperidine rings is 1. The van der Waals surface area contributed by atoms with Crippen LogP contribution in [0.4, 0.5) is 0 Å². The van der Waals surface area contributed by atoms with Crippen molar-refractivity contribution < 1.29 is 4.79 Å². The van der Waals surface area contributed by atoms with Crippen LogP contribution in [-0.4, -0.2) is 50.6 Å². The second-order valence-electron chi connectivity index (χ2n) is 5.94. The molecule has 106 valence electrons. The Balaban J connectivity index is 2.10. The first-order valence-electron chi connectivity index (χ1n) is 7.24. The van der Waals surface area contributed by atoms with E-state index in [1.54, 1.807) is 0 Å². The normalized spacial score (nSPS) is 20.4. The summed E-state index contributed by atoms with van der Waals surface area (Å²) < 4.78 is 0. The number of amides is 1. The monoisotopic (exact) mass is 255 g/mol. The molecule has 18 heavy (non-hydrogen) atoms. The molecule has 0 saturated carbocycles. The van der Waals surface area contributed by atoms with Crippen LogP contribution in [0.15, 0.2) is 0 Å². The Morgan fingerprint density at radius 3 is 2.89 bits per heavy atom. The van der Waals surface area contributed by atoms with Crippen LogP contribution in [0.2, 0.25) is 0 Å². The smallest absolute Gasteiger partial charge is 0.234 e. The van der Waals surface area contributed by atoms with E-state index >= 15 is 0 Å². The fraction of sp³-hybridized carbons (Fsp3) is 0.929. The molecule has 4 heteroatoms. The molecular weight excluding hydrogens is 226 g/mol. The number of nitrogens with zero attached hydrogens (tertiary/aromatic N) is 1. The summed E-state index contributed by atoms with van der Waals surface area (Å²) in [4.78, 5) is 13.8. The molecule has 1 heterocycles. The Labute approximate surface area is 111 Å². The first-order chi connectivity index (χ1) is 8.58. The SMILES string of the molecule is CC(C)CCNC(=O)CN(C)CC1CCCNC1. The van der Waals surface area contributed by atoms with E-state index in [2.05, 4.69) is 29.4 Å². The van der Waals surface area contributed by atoms with E-state index in [0.29, 0.717) is 18.4 Å². The molecule has 1 fully saturated rings. The van der Waals surface area contributed by atoms with Gasteiger partial charge >= 0.3 is 0 Å². The number of carbonyl (C=O) groups excluding carboxylic acids is 1. The molecule has 2 N–H and O–H groups in total. The number of hydrogen-bond acceptors (Lipinski definition) is 3. The minimum absolute atomic E-state index is 0.155. The number of carbonyl (C=O) groups is 1. The zero-order valence-electron chi connectivity index (χ0n) is 12.2. The summed E-state index contributed by atoms with van der Waals surface area (Å²) in [7, 11) is 2.04. The summed E-state index contributed by atoms with van der Waals surface area (Å²) in [5.41, 5.74) is 0. The highest BCUT2D eigenvalue weighted by atomic mass is 16.2. The van der Waals surface area contributed by atoms with Crippen LogP contribution >= 0.6 is 0 Å². The first kappa shape index (κ1) is 15.4. The Morgan fingerprint density at radius 2 is 2.28 bits per heavy atom. The van der Waals surface area contributed by atoms with Crippen molar-refractivity contribution in [1.82, 2.24) is 15.5 Å². The van der Waals surface area contributed by atoms with Gasteiger partial charge in [0.1, 0.15) is 0 Å². The molecule has 0 aromatic heterocycles. The van der Waals surface area contributed by atoms with Gasteiger partial charge < -0.3 is 10.6 Å². The number of nitrogens with one attached hydrogen (secondary N) is 2. The highest BCUT2D eigenvalue weighted by Gasteiger charge is 2.16. The fourth-order valence-corrected chi connectivity index (χ4v) is 2.39. The van der Waals surface area contributed by atoms with Crippen LogP contribution in [0.3, 0.4) is 0 Å². The topological polar surface area (TPSA) is 44.4 Å². The minimum atomic E-state index is 0.155. The van der Waals surface area contributed by atoms with Crippen molar-refractivity contribution in [2.45, 2.75) is 33.1 Å². The zero-order chi connectivity index (χ0) is 13.4. The zero-order valence-corrected chi connectivity index (χ0v) is 12.2. The summed E-state index contributed by atoms with van der Waals surface area (Å²) in [6.07, 6.45) is 3.60. The summed E-state index contributed by atoms with van der Waals surface area (Å²) in [5.74, 6) is 1.51. The van der Waals surface area contributed by atoms with Gasteiger partial charge in [-0.15, -0.1) is 0 Å². The molecule has 1 rings (SSSR count). The number of rotatable bonds is 7. The molecule has 1 amide bonds. The lowest BCUT2D eigenvalue weighted by atomic mass is 9.99. The van der Waals surface area contributed by atoms with Gasteiger partial charge in [-0.05, 0) is 51.2 Å². The molecule has 0 bridgehead atoms. The van der Waals surface area contributed by atoms with Crippen LogP contribution in [0.25, 0.3) is 0 Å². The van der Waals surface area contributed by atoms with Gasteiger partial charge in [0.15, 0.2) is 0 Å². The second-order valence-corrected chi connectivity index (χ2v) is 5.94. The maximum atomic E-state index is 11.7. The average Bonchev–Trinajstić information content (AvgIpc) is 2.29. The lowest BCUT2D eigenvalue weighted by molar-refractivity contribution is -0.122. The van der Waals surface area contributed by atoms with E-state index in [0.717, 1.165) is 32.6 Å². The van der Waals surface area contributed by atoms with Gasteiger partial charge in [-0.2, -0.15) is 0 Å². The molecule has 1 atom stereocenters. The van der Waals surface area contributed by atoms with Crippen LogP contribution in [0, 0.1) is 11.8 Å². The van der Waals surface area contributed by atoms with Crippen molar-refractivity contribution in [3.05, 3.63) is 0 Å². The van der Waals surface area contributed by atoms with Gasteiger partial charge in [-0.3, -0.25) is 9.69 Å². The van der Waals surface area contributed by atoms with E-state index in [-0.39, 0.29) is 5.91 Å². The van der Waals surface area contributed by atoms with E-state index in [4.69, 9.17) is 0 Å².